The Morgan fingerprint density at radius 1 is 1.11 bits per heavy atom. The fraction of sp³-hybridized carbons (Fsp3) is 0.0625. The van der Waals surface area contributed by atoms with E-state index in [9.17, 15) is 14.4 Å². The van der Waals surface area contributed by atoms with Crippen LogP contribution in [0.1, 0.15) is 10.4 Å². The van der Waals surface area contributed by atoms with E-state index in [1.165, 1.54) is 16.9 Å². The first-order valence-corrected chi connectivity index (χ1v) is 7.77. The van der Waals surface area contributed by atoms with E-state index in [0.29, 0.717) is 17.0 Å². The number of hydrogen-bond donors (Lipinski definition) is 5. The summed E-state index contributed by atoms with van der Waals surface area (Å²) in [5, 5.41) is 11.4. The number of aromatic nitrogens is 3. The van der Waals surface area contributed by atoms with Gasteiger partial charge in [0.2, 0.25) is 5.91 Å². The number of hydrogen-bond acceptors (Lipinski definition) is 6. The van der Waals surface area contributed by atoms with Gasteiger partial charge in [0.1, 0.15) is 11.4 Å². The van der Waals surface area contributed by atoms with E-state index in [2.05, 4.69) is 26.0 Å². The molecule has 0 radical (unpaired) electrons. The smallest absolute Gasteiger partial charge is 0.312 e. The molecule has 1 aromatic carbocycles. The minimum Gasteiger partial charge on any atom is -0.383 e. The highest BCUT2D eigenvalue weighted by atomic mass is 16.2. The summed E-state index contributed by atoms with van der Waals surface area (Å²) in [7, 11) is 0. The van der Waals surface area contributed by atoms with Crippen molar-refractivity contribution in [1.29, 1.82) is 0 Å². The van der Waals surface area contributed by atoms with Gasteiger partial charge in [-0.15, -0.1) is 0 Å². The van der Waals surface area contributed by atoms with E-state index in [4.69, 9.17) is 11.5 Å². The third-order valence-electron chi connectivity index (χ3n) is 3.52. The molecule has 0 saturated heterocycles. The number of fused-ring (bicyclic) bond motifs is 1. The number of anilines is 3. The minimum absolute atomic E-state index is 0.157. The molecular formula is C16H16N8O3. The predicted molar refractivity (Wildman–Crippen MR) is 98.0 cm³/mol. The molecule has 0 spiro atoms. The molecule has 27 heavy (non-hydrogen) atoms. The van der Waals surface area contributed by atoms with E-state index in [1.54, 1.807) is 30.3 Å². The highest BCUT2D eigenvalue weighted by molar-refractivity contribution is 6.07. The number of carbonyl (C=O) groups excluding carboxylic acids is 3. The van der Waals surface area contributed by atoms with Crippen molar-refractivity contribution in [3.8, 4) is 0 Å². The highest BCUT2D eigenvalue weighted by Crippen LogP contribution is 2.18. The van der Waals surface area contributed by atoms with Crippen LogP contribution >= 0.6 is 0 Å². The van der Waals surface area contributed by atoms with Crippen molar-refractivity contribution >= 4 is 40.7 Å². The third-order valence-corrected chi connectivity index (χ3v) is 3.52. The fourth-order valence-corrected chi connectivity index (χ4v) is 2.31. The minimum atomic E-state index is -0.800. The Kier molecular flexibility index (Phi) is 4.84. The Labute approximate surface area is 152 Å². The van der Waals surface area contributed by atoms with Crippen LogP contribution in [0.25, 0.3) is 5.65 Å². The first kappa shape index (κ1) is 17.7. The van der Waals surface area contributed by atoms with Crippen molar-refractivity contribution in [3.05, 3.63) is 48.3 Å². The van der Waals surface area contributed by atoms with Crippen molar-refractivity contribution in [1.82, 2.24) is 19.9 Å². The number of nitrogens with one attached hydrogen (secondary N) is 3. The molecule has 138 valence electrons. The van der Waals surface area contributed by atoms with Gasteiger partial charge in [0, 0.05) is 23.6 Å². The number of primary amides is 1. The lowest BCUT2D eigenvalue weighted by atomic mass is 10.2. The number of rotatable bonds is 5. The van der Waals surface area contributed by atoms with Gasteiger partial charge in [-0.1, -0.05) is 6.07 Å². The summed E-state index contributed by atoms with van der Waals surface area (Å²) in [5.74, 6) is -0.782. The van der Waals surface area contributed by atoms with E-state index in [1.807, 2.05) is 0 Å². The number of benzene rings is 1. The number of amides is 4. The summed E-state index contributed by atoms with van der Waals surface area (Å²) in [6.45, 7) is -0.266. The molecule has 0 unspecified atom stereocenters. The summed E-state index contributed by atoms with van der Waals surface area (Å²) >= 11 is 0. The Hall–Kier alpha value is -4.15. The van der Waals surface area contributed by atoms with Gasteiger partial charge in [-0.25, -0.2) is 9.78 Å². The molecule has 0 aliphatic rings. The van der Waals surface area contributed by atoms with Crippen LogP contribution in [-0.4, -0.2) is 39.0 Å². The number of nitrogen functional groups attached to an aromatic ring is 1. The van der Waals surface area contributed by atoms with Crippen LogP contribution in [0.4, 0.5) is 22.0 Å². The molecule has 0 atom stereocenters. The average Bonchev–Trinajstić information content (AvgIpc) is 3.10. The number of nitrogens with zero attached hydrogens (tertiary/aromatic N) is 3. The van der Waals surface area contributed by atoms with Gasteiger partial charge in [0.05, 0.1) is 12.7 Å². The standard InChI is InChI=1S/C16H16N8O3/c17-14-11(7-19-12-4-5-21-24(12)14)15(26)23-10-3-1-2-9(6-10)22-13(25)8-20-16(18)27/h1-7H,8,17H2,(H,22,25)(H,23,26)(H3,18,20,27). The zero-order chi connectivity index (χ0) is 19.4. The normalized spacial score (nSPS) is 10.4. The van der Waals surface area contributed by atoms with Crippen LogP contribution < -0.4 is 27.4 Å². The second-order valence-electron chi connectivity index (χ2n) is 5.46. The van der Waals surface area contributed by atoms with Crippen LogP contribution in [0.5, 0.6) is 0 Å². The van der Waals surface area contributed by atoms with Crippen molar-refractivity contribution in [2.75, 3.05) is 22.9 Å². The summed E-state index contributed by atoms with van der Waals surface area (Å²) in [4.78, 5) is 38.9. The summed E-state index contributed by atoms with van der Waals surface area (Å²) in [6.07, 6.45) is 2.89. The molecule has 2 aromatic heterocycles. The number of carbonyl (C=O) groups is 3. The first-order chi connectivity index (χ1) is 12.9. The second kappa shape index (κ2) is 7.39. The maximum Gasteiger partial charge on any atom is 0.312 e. The van der Waals surface area contributed by atoms with E-state index in [0.717, 1.165) is 0 Å². The van der Waals surface area contributed by atoms with Crippen molar-refractivity contribution in [2.45, 2.75) is 0 Å². The first-order valence-electron chi connectivity index (χ1n) is 7.77. The summed E-state index contributed by atoms with van der Waals surface area (Å²) < 4.78 is 1.36. The van der Waals surface area contributed by atoms with Crippen LogP contribution in [0, 0.1) is 0 Å². The van der Waals surface area contributed by atoms with Crippen molar-refractivity contribution in [3.63, 3.8) is 0 Å². The van der Waals surface area contributed by atoms with E-state index < -0.39 is 17.8 Å². The fourth-order valence-electron chi connectivity index (χ4n) is 2.31. The Morgan fingerprint density at radius 2 is 1.85 bits per heavy atom. The van der Waals surface area contributed by atoms with Gasteiger partial charge in [-0.05, 0) is 18.2 Å². The quantitative estimate of drug-likeness (QED) is 0.430. The molecule has 0 aliphatic heterocycles. The number of nitrogens with two attached hydrogens (primary N) is 2. The highest BCUT2D eigenvalue weighted by Gasteiger charge is 2.14. The van der Waals surface area contributed by atoms with Crippen LogP contribution in [0.2, 0.25) is 0 Å². The summed E-state index contributed by atoms with van der Waals surface area (Å²) in [6, 6.07) is 7.33. The molecule has 2 heterocycles. The third kappa shape index (κ3) is 4.10. The largest absolute Gasteiger partial charge is 0.383 e. The lowest BCUT2D eigenvalue weighted by Crippen LogP contribution is -2.36. The molecule has 11 heteroatoms. The SMILES string of the molecule is NC(=O)NCC(=O)Nc1cccc(NC(=O)c2cnc3ccnn3c2N)c1. The van der Waals surface area contributed by atoms with Gasteiger partial charge in [-0.2, -0.15) is 9.61 Å². The van der Waals surface area contributed by atoms with Crippen LogP contribution in [0.3, 0.4) is 0 Å². The monoisotopic (exact) mass is 368 g/mol. The van der Waals surface area contributed by atoms with Gasteiger partial charge in [-0.3, -0.25) is 9.59 Å². The number of urea groups is 1. The maximum atomic E-state index is 12.5. The second-order valence-corrected chi connectivity index (χ2v) is 5.46. The van der Waals surface area contributed by atoms with Gasteiger partial charge in [0.15, 0.2) is 5.65 Å². The van der Waals surface area contributed by atoms with Gasteiger partial charge in [0.25, 0.3) is 5.91 Å². The maximum absolute atomic E-state index is 12.5. The lowest BCUT2D eigenvalue weighted by molar-refractivity contribution is -0.115. The molecular weight excluding hydrogens is 352 g/mol. The summed E-state index contributed by atoms with van der Waals surface area (Å²) in [5.41, 5.74) is 12.4. The zero-order valence-corrected chi connectivity index (χ0v) is 14.0. The Morgan fingerprint density at radius 3 is 2.59 bits per heavy atom. The average molecular weight is 368 g/mol. The van der Waals surface area contributed by atoms with Gasteiger partial charge >= 0.3 is 6.03 Å². The topological polar surface area (TPSA) is 170 Å². The molecule has 0 saturated carbocycles. The van der Waals surface area contributed by atoms with Crippen LogP contribution in [-0.2, 0) is 4.79 Å². The molecule has 0 aliphatic carbocycles. The molecule has 4 amide bonds. The van der Waals surface area contributed by atoms with Crippen molar-refractivity contribution < 1.29 is 14.4 Å². The van der Waals surface area contributed by atoms with Crippen LogP contribution in [0.15, 0.2) is 42.7 Å². The molecule has 3 rings (SSSR count). The molecule has 11 nitrogen and oxygen atoms in total. The zero-order valence-electron chi connectivity index (χ0n) is 14.0. The molecule has 0 bridgehead atoms. The molecule has 0 fully saturated rings. The molecule has 3 aromatic rings. The van der Waals surface area contributed by atoms with E-state index in [-0.39, 0.29) is 17.9 Å². The van der Waals surface area contributed by atoms with Gasteiger partial charge < -0.3 is 27.4 Å². The van der Waals surface area contributed by atoms with E-state index >= 15 is 0 Å². The van der Waals surface area contributed by atoms with Crippen molar-refractivity contribution in [2.24, 2.45) is 5.73 Å². The Balaban J connectivity index is 1.71. The lowest BCUT2D eigenvalue weighted by Gasteiger charge is -2.10. The molecule has 7 N–H and O–H groups in total. The predicted octanol–water partition coefficient (Wildman–Crippen LogP) is 0.171. The Bertz CT molecular complexity index is 1030.